The van der Waals surface area contributed by atoms with Crippen molar-refractivity contribution in [1.82, 2.24) is 4.90 Å². The van der Waals surface area contributed by atoms with E-state index >= 15 is 0 Å². The van der Waals surface area contributed by atoms with Crippen LogP contribution in [0.15, 0.2) is 71.4 Å². The summed E-state index contributed by atoms with van der Waals surface area (Å²) in [5.41, 5.74) is 3.73. The van der Waals surface area contributed by atoms with Gasteiger partial charge in [0.05, 0.1) is 5.69 Å². The molecule has 1 aromatic heterocycles. The van der Waals surface area contributed by atoms with Gasteiger partial charge in [0.15, 0.2) is 0 Å². The fraction of sp³-hybridized carbons (Fsp3) is 0.304. The Labute approximate surface area is 165 Å². The SMILES string of the molecule is Oc1cccc(N(c2ccsc2)C2CCN(CCc3ccccc3)CC2)c1. The molecule has 4 rings (SSSR count). The summed E-state index contributed by atoms with van der Waals surface area (Å²) in [4.78, 5) is 4.99. The highest BCUT2D eigenvalue weighted by Crippen LogP contribution is 2.34. The van der Waals surface area contributed by atoms with Crippen LogP contribution in [0.3, 0.4) is 0 Å². The van der Waals surface area contributed by atoms with Gasteiger partial charge < -0.3 is 14.9 Å². The molecule has 0 saturated carbocycles. The van der Waals surface area contributed by atoms with Crippen molar-refractivity contribution >= 4 is 22.7 Å². The van der Waals surface area contributed by atoms with E-state index in [1.54, 1.807) is 17.4 Å². The summed E-state index contributed by atoms with van der Waals surface area (Å²) >= 11 is 1.72. The quantitative estimate of drug-likeness (QED) is 0.630. The minimum Gasteiger partial charge on any atom is -0.508 e. The lowest BCUT2D eigenvalue weighted by atomic mass is 10.0. The molecule has 1 saturated heterocycles. The van der Waals surface area contributed by atoms with E-state index in [1.807, 2.05) is 12.1 Å². The molecule has 2 heterocycles. The molecule has 3 aromatic rings. The Kier molecular flexibility index (Phi) is 5.75. The van der Waals surface area contributed by atoms with E-state index in [1.165, 1.54) is 11.3 Å². The van der Waals surface area contributed by atoms with Crippen LogP contribution in [0, 0.1) is 0 Å². The maximum Gasteiger partial charge on any atom is 0.117 e. The minimum atomic E-state index is 0.327. The molecular formula is C23H26N2OS. The summed E-state index contributed by atoms with van der Waals surface area (Å²) in [6.07, 6.45) is 3.40. The van der Waals surface area contributed by atoms with Crippen molar-refractivity contribution in [2.24, 2.45) is 0 Å². The van der Waals surface area contributed by atoms with Crippen molar-refractivity contribution in [1.29, 1.82) is 0 Å². The van der Waals surface area contributed by atoms with Gasteiger partial charge in [-0.25, -0.2) is 0 Å². The molecule has 0 unspecified atom stereocenters. The standard InChI is InChI=1S/C23H26N2OS/c26-23-8-4-7-21(17-23)25(22-12-16-27-18-22)20-10-14-24(15-11-20)13-9-19-5-2-1-3-6-19/h1-8,12,16-18,20,26H,9-11,13-15H2. The van der Waals surface area contributed by atoms with Crippen LogP contribution in [0.2, 0.25) is 0 Å². The van der Waals surface area contributed by atoms with Gasteiger partial charge in [0.25, 0.3) is 0 Å². The Balaban J connectivity index is 1.41. The topological polar surface area (TPSA) is 26.7 Å². The van der Waals surface area contributed by atoms with E-state index < -0.39 is 0 Å². The van der Waals surface area contributed by atoms with Crippen molar-refractivity contribution < 1.29 is 5.11 Å². The van der Waals surface area contributed by atoms with Crippen molar-refractivity contribution in [2.75, 3.05) is 24.5 Å². The predicted molar refractivity (Wildman–Crippen MR) is 114 cm³/mol. The highest BCUT2D eigenvalue weighted by Gasteiger charge is 2.26. The normalized spacial score (nSPS) is 15.7. The van der Waals surface area contributed by atoms with Gasteiger partial charge >= 0.3 is 0 Å². The van der Waals surface area contributed by atoms with Crippen LogP contribution in [-0.4, -0.2) is 35.7 Å². The molecule has 0 spiro atoms. The number of likely N-dealkylation sites (tertiary alicyclic amines) is 1. The molecule has 2 aromatic carbocycles. The average Bonchev–Trinajstić information content (AvgIpc) is 3.23. The Hall–Kier alpha value is -2.30. The first-order valence-electron chi connectivity index (χ1n) is 9.66. The molecule has 0 atom stereocenters. The summed E-state index contributed by atoms with van der Waals surface area (Å²) in [5, 5.41) is 14.3. The number of rotatable bonds is 6. The van der Waals surface area contributed by atoms with Gasteiger partial charge in [-0.15, -0.1) is 0 Å². The summed E-state index contributed by atoms with van der Waals surface area (Å²) < 4.78 is 0. The Morgan fingerprint density at radius 2 is 1.78 bits per heavy atom. The first kappa shape index (κ1) is 18.1. The maximum atomic E-state index is 9.95. The van der Waals surface area contributed by atoms with Crippen LogP contribution in [0.1, 0.15) is 18.4 Å². The lowest BCUT2D eigenvalue weighted by molar-refractivity contribution is 0.215. The Bertz CT molecular complexity index is 827. The molecule has 1 aliphatic heterocycles. The Morgan fingerprint density at radius 1 is 0.963 bits per heavy atom. The summed E-state index contributed by atoms with van der Waals surface area (Å²) in [6, 6.07) is 21.0. The van der Waals surface area contributed by atoms with E-state index in [0.29, 0.717) is 11.8 Å². The van der Waals surface area contributed by atoms with Gasteiger partial charge in [-0.05, 0) is 48.4 Å². The smallest absolute Gasteiger partial charge is 0.117 e. The highest BCUT2D eigenvalue weighted by atomic mass is 32.1. The summed E-state index contributed by atoms with van der Waals surface area (Å²) in [7, 11) is 0. The zero-order valence-electron chi connectivity index (χ0n) is 15.5. The van der Waals surface area contributed by atoms with Gasteiger partial charge in [0.2, 0.25) is 0 Å². The van der Waals surface area contributed by atoms with Crippen molar-refractivity contribution in [3.63, 3.8) is 0 Å². The summed E-state index contributed by atoms with van der Waals surface area (Å²) in [6.45, 7) is 3.37. The number of thiophene rings is 1. The molecule has 0 radical (unpaired) electrons. The average molecular weight is 379 g/mol. The number of phenolic OH excluding ortho intramolecular Hbond substituents is 1. The zero-order chi connectivity index (χ0) is 18.5. The maximum absolute atomic E-state index is 9.95. The van der Waals surface area contributed by atoms with Gasteiger partial charge in [0, 0.05) is 42.8 Å². The summed E-state index contributed by atoms with van der Waals surface area (Å²) in [5.74, 6) is 0.327. The monoisotopic (exact) mass is 378 g/mol. The van der Waals surface area contributed by atoms with Gasteiger partial charge in [-0.1, -0.05) is 36.4 Å². The van der Waals surface area contributed by atoms with Gasteiger partial charge in [-0.3, -0.25) is 0 Å². The van der Waals surface area contributed by atoms with Crippen molar-refractivity contribution in [2.45, 2.75) is 25.3 Å². The lowest BCUT2D eigenvalue weighted by Crippen LogP contribution is -2.43. The largest absolute Gasteiger partial charge is 0.508 e. The molecular weight excluding hydrogens is 352 g/mol. The van der Waals surface area contributed by atoms with E-state index in [2.05, 4.69) is 63.0 Å². The van der Waals surface area contributed by atoms with Crippen LogP contribution >= 0.6 is 11.3 Å². The second-order valence-corrected chi connectivity index (χ2v) is 7.96. The molecule has 1 fully saturated rings. The molecule has 140 valence electrons. The molecule has 3 nitrogen and oxygen atoms in total. The van der Waals surface area contributed by atoms with Crippen LogP contribution in [-0.2, 0) is 6.42 Å². The zero-order valence-corrected chi connectivity index (χ0v) is 16.3. The van der Waals surface area contributed by atoms with Crippen LogP contribution < -0.4 is 4.90 Å². The third-order valence-corrected chi connectivity index (χ3v) is 6.04. The second-order valence-electron chi connectivity index (χ2n) is 7.18. The highest BCUT2D eigenvalue weighted by molar-refractivity contribution is 7.08. The van der Waals surface area contributed by atoms with E-state index in [-0.39, 0.29) is 0 Å². The fourth-order valence-corrected chi connectivity index (χ4v) is 4.57. The molecule has 1 N–H and O–H groups in total. The lowest BCUT2D eigenvalue weighted by Gasteiger charge is -2.39. The molecule has 4 heteroatoms. The fourth-order valence-electron chi connectivity index (χ4n) is 3.94. The van der Waals surface area contributed by atoms with Crippen molar-refractivity contribution in [3.05, 3.63) is 77.0 Å². The molecule has 27 heavy (non-hydrogen) atoms. The van der Waals surface area contributed by atoms with Crippen LogP contribution in [0.25, 0.3) is 0 Å². The number of hydrogen-bond donors (Lipinski definition) is 1. The van der Waals surface area contributed by atoms with Crippen molar-refractivity contribution in [3.8, 4) is 5.75 Å². The van der Waals surface area contributed by atoms with Gasteiger partial charge in [-0.2, -0.15) is 11.3 Å². The third-order valence-electron chi connectivity index (χ3n) is 5.37. The Morgan fingerprint density at radius 3 is 2.48 bits per heavy atom. The van der Waals surface area contributed by atoms with E-state index in [0.717, 1.165) is 44.6 Å². The number of aromatic hydroxyl groups is 1. The van der Waals surface area contributed by atoms with Crippen LogP contribution in [0.5, 0.6) is 5.75 Å². The molecule has 0 amide bonds. The molecule has 0 bridgehead atoms. The third kappa shape index (κ3) is 4.52. The molecule has 0 aliphatic carbocycles. The predicted octanol–water partition coefficient (Wildman–Crippen LogP) is 5.30. The number of benzene rings is 2. The van der Waals surface area contributed by atoms with Crippen LogP contribution in [0.4, 0.5) is 11.4 Å². The first-order chi connectivity index (χ1) is 13.3. The first-order valence-corrected chi connectivity index (χ1v) is 10.6. The van der Waals surface area contributed by atoms with E-state index in [4.69, 9.17) is 0 Å². The number of anilines is 2. The number of nitrogens with zero attached hydrogens (tertiary/aromatic N) is 2. The second kappa shape index (κ2) is 8.59. The molecule has 1 aliphatic rings. The number of hydrogen-bond acceptors (Lipinski definition) is 4. The van der Waals surface area contributed by atoms with E-state index in [9.17, 15) is 5.11 Å². The number of piperidine rings is 1. The van der Waals surface area contributed by atoms with Gasteiger partial charge in [0.1, 0.15) is 5.75 Å². The minimum absolute atomic E-state index is 0.327. The number of phenols is 1.